The zero-order chi connectivity index (χ0) is 15.1. The highest BCUT2D eigenvalue weighted by molar-refractivity contribution is 5.74. The molecule has 2 amide bonds. The Labute approximate surface area is 127 Å². The molecule has 1 aliphatic rings. The van der Waals surface area contributed by atoms with Crippen LogP contribution >= 0.6 is 0 Å². The third kappa shape index (κ3) is 4.96. The van der Waals surface area contributed by atoms with Crippen LogP contribution in [0.5, 0.6) is 5.75 Å². The summed E-state index contributed by atoms with van der Waals surface area (Å²) in [6, 6.07) is 8.05. The number of likely N-dealkylation sites (tertiary alicyclic amines) is 1. The summed E-state index contributed by atoms with van der Waals surface area (Å²) in [6.07, 6.45) is 3.17. The average Bonchev–Trinajstić information content (AvgIpc) is 2.48. The number of urea groups is 1. The molecular formula is C17H26N2O2. The van der Waals surface area contributed by atoms with Crippen molar-refractivity contribution >= 4 is 6.03 Å². The number of amides is 2. The Morgan fingerprint density at radius 1 is 1.43 bits per heavy atom. The van der Waals surface area contributed by atoms with Crippen molar-refractivity contribution in [2.45, 2.75) is 33.1 Å². The number of benzene rings is 1. The molecule has 4 nitrogen and oxygen atoms in total. The van der Waals surface area contributed by atoms with E-state index in [2.05, 4.69) is 12.2 Å². The zero-order valence-corrected chi connectivity index (χ0v) is 13.1. The lowest BCUT2D eigenvalue weighted by Crippen LogP contribution is -2.45. The van der Waals surface area contributed by atoms with Crippen molar-refractivity contribution in [3.8, 4) is 5.75 Å². The van der Waals surface area contributed by atoms with E-state index in [0.717, 1.165) is 37.2 Å². The van der Waals surface area contributed by atoms with Gasteiger partial charge in [0.25, 0.3) is 0 Å². The number of aryl methyl sites for hydroxylation is 1. The quantitative estimate of drug-likeness (QED) is 0.846. The fourth-order valence-corrected chi connectivity index (χ4v) is 2.65. The van der Waals surface area contributed by atoms with Crippen molar-refractivity contribution in [2.75, 3.05) is 26.2 Å². The van der Waals surface area contributed by atoms with E-state index in [-0.39, 0.29) is 6.03 Å². The Bertz CT molecular complexity index is 462. The Balaban J connectivity index is 1.61. The van der Waals surface area contributed by atoms with Crippen molar-refractivity contribution in [1.29, 1.82) is 0 Å². The maximum absolute atomic E-state index is 12.0. The Morgan fingerprint density at radius 2 is 2.24 bits per heavy atom. The van der Waals surface area contributed by atoms with Crippen LogP contribution in [0.4, 0.5) is 4.79 Å². The summed E-state index contributed by atoms with van der Waals surface area (Å²) < 4.78 is 5.72. The number of ether oxygens (including phenoxy) is 1. The Morgan fingerprint density at radius 3 is 3.00 bits per heavy atom. The van der Waals surface area contributed by atoms with Crippen LogP contribution in [0.25, 0.3) is 0 Å². The van der Waals surface area contributed by atoms with Gasteiger partial charge in [0.05, 0.1) is 6.61 Å². The summed E-state index contributed by atoms with van der Waals surface area (Å²) in [4.78, 5) is 13.9. The number of piperidine rings is 1. The summed E-state index contributed by atoms with van der Waals surface area (Å²) in [6.45, 7) is 7.29. The standard InChI is InChI=1S/C17H26N2O2/c1-14-7-5-11-19(13-14)17(20)18-10-6-12-21-16-9-4-3-8-15(16)2/h3-4,8-9,14H,5-7,10-13H2,1-2H3,(H,18,20). The number of hydrogen-bond acceptors (Lipinski definition) is 2. The van der Waals surface area contributed by atoms with Gasteiger partial charge in [-0.1, -0.05) is 25.1 Å². The molecule has 4 heteroatoms. The number of rotatable bonds is 5. The van der Waals surface area contributed by atoms with Crippen LogP contribution in [0.2, 0.25) is 0 Å². The highest BCUT2D eigenvalue weighted by Gasteiger charge is 2.20. The van der Waals surface area contributed by atoms with Gasteiger partial charge in [-0.05, 0) is 43.7 Å². The maximum Gasteiger partial charge on any atom is 0.317 e. The second-order valence-corrected chi connectivity index (χ2v) is 5.89. The number of hydrogen-bond donors (Lipinski definition) is 1. The second kappa shape index (κ2) is 7.91. The molecule has 0 aliphatic carbocycles. The van der Waals surface area contributed by atoms with Crippen LogP contribution in [0.3, 0.4) is 0 Å². The predicted octanol–water partition coefficient (Wildman–Crippen LogP) is 3.21. The number of para-hydroxylation sites is 1. The van der Waals surface area contributed by atoms with Gasteiger partial charge in [-0.2, -0.15) is 0 Å². The molecule has 1 heterocycles. The summed E-state index contributed by atoms with van der Waals surface area (Å²) >= 11 is 0. The van der Waals surface area contributed by atoms with Crippen molar-refractivity contribution in [3.63, 3.8) is 0 Å². The largest absolute Gasteiger partial charge is 0.493 e. The molecule has 1 aromatic rings. The van der Waals surface area contributed by atoms with Crippen LogP contribution in [0.15, 0.2) is 24.3 Å². The first-order valence-electron chi connectivity index (χ1n) is 7.88. The highest BCUT2D eigenvalue weighted by Crippen LogP contribution is 2.16. The van der Waals surface area contributed by atoms with E-state index in [4.69, 9.17) is 4.74 Å². The van der Waals surface area contributed by atoms with Crippen LogP contribution in [-0.4, -0.2) is 37.2 Å². The second-order valence-electron chi connectivity index (χ2n) is 5.89. The summed E-state index contributed by atoms with van der Waals surface area (Å²) in [5.41, 5.74) is 1.14. The summed E-state index contributed by atoms with van der Waals surface area (Å²) in [7, 11) is 0. The zero-order valence-electron chi connectivity index (χ0n) is 13.1. The first kappa shape index (κ1) is 15.7. The van der Waals surface area contributed by atoms with Crippen LogP contribution < -0.4 is 10.1 Å². The van der Waals surface area contributed by atoms with E-state index in [1.807, 2.05) is 36.1 Å². The molecule has 116 valence electrons. The molecule has 2 rings (SSSR count). The van der Waals surface area contributed by atoms with Crippen molar-refractivity contribution in [2.24, 2.45) is 5.92 Å². The van der Waals surface area contributed by atoms with Gasteiger partial charge < -0.3 is 15.0 Å². The fourth-order valence-electron chi connectivity index (χ4n) is 2.65. The minimum absolute atomic E-state index is 0.0671. The monoisotopic (exact) mass is 290 g/mol. The van der Waals surface area contributed by atoms with Crippen LogP contribution in [-0.2, 0) is 0 Å². The van der Waals surface area contributed by atoms with E-state index in [1.165, 1.54) is 6.42 Å². The molecule has 21 heavy (non-hydrogen) atoms. The maximum atomic E-state index is 12.0. The lowest BCUT2D eigenvalue weighted by atomic mass is 10.0. The van der Waals surface area contributed by atoms with Crippen LogP contribution in [0.1, 0.15) is 31.7 Å². The van der Waals surface area contributed by atoms with E-state index < -0.39 is 0 Å². The third-order valence-electron chi connectivity index (χ3n) is 3.89. The Kier molecular flexibility index (Phi) is 5.90. The van der Waals surface area contributed by atoms with Crippen molar-refractivity contribution < 1.29 is 9.53 Å². The minimum Gasteiger partial charge on any atom is -0.493 e. The first-order chi connectivity index (χ1) is 10.2. The van der Waals surface area contributed by atoms with Gasteiger partial charge in [-0.15, -0.1) is 0 Å². The fraction of sp³-hybridized carbons (Fsp3) is 0.588. The van der Waals surface area contributed by atoms with Crippen LogP contribution in [0, 0.1) is 12.8 Å². The molecule has 0 aromatic heterocycles. The topological polar surface area (TPSA) is 41.6 Å². The number of carbonyl (C=O) groups is 1. The molecule has 1 aliphatic heterocycles. The molecule has 1 aromatic carbocycles. The third-order valence-corrected chi connectivity index (χ3v) is 3.89. The molecule has 0 spiro atoms. The predicted molar refractivity (Wildman–Crippen MR) is 84.7 cm³/mol. The van der Waals surface area contributed by atoms with Gasteiger partial charge in [0.1, 0.15) is 5.75 Å². The smallest absolute Gasteiger partial charge is 0.317 e. The lowest BCUT2D eigenvalue weighted by molar-refractivity contribution is 0.169. The van der Waals surface area contributed by atoms with E-state index in [9.17, 15) is 4.79 Å². The van der Waals surface area contributed by atoms with Gasteiger partial charge >= 0.3 is 6.03 Å². The number of nitrogens with zero attached hydrogens (tertiary/aromatic N) is 1. The van der Waals surface area contributed by atoms with Crippen molar-refractivity contribution in [3.05, 3.63) is 29.8 Å². The van der Waals surface area contributed by atoms with Crippen molar-refractivity contribution in [1.82, 2.24) is 10.2 Å². The van der Waals surface area contributed by atoms with E-state index in [1.54, 1.807) is 0 Å². The van der Waals surface area contributed by atoms with Gasteiger partial charge in [-0.3, -0.25) is 0 Å². The first-order valence-corrected chi connectivity index (χ1v) is 7.88. The summed E-state index contributed by atoms with van der Waals surface area (Å²) in [5.74, 6) is 1.54. The van der Waals surface area contributed by atoms with Gasteiger partial charge in [0.2, 0.25) is 0 Å². The van der Waals surface area contributed by atoms with E-state index in [0.29, 0.717) is 19.1 Å². The molecule has 1 unspecified atom stereocenters. The van der Waals surface area contributed by atoms with Gasteiger partial charge in [0.15, 0.2) is 0 Å². The van der Waals surface area contributed by atoms with Gasteiger partial charge in [0, 0.05) is 19.6 Å². The summed E-state index contributed by atoms with van der Waals surface area (Å²) in [5, 5.41) is 2.98. The normalized spacial score (nSPS) is 18.4. The number of carbonyl (C=O) groups excluding carboxylic acids is 1. The molecule has 1 atom stereocenters. The highest BCUT2D eigenvalue weighted by atomic mass is 16.5. The van der Waals surface area contributed by atoms with Gasteiger partial charge in [-0.25, -0.2) is 4.79 Å². The molecule has 0 bridgehead atoms. The molecule has 0 radical (unpaired) electrons. The molecule has 1 fully saturated rings. The number of nitrogens with one attached hydrogen (secondary N) is 1. The van der Waals surface area contributed by atoms with E-state index >= 15 is 0 Å². The molecule has 0 saturated carbocycles. The molecular weight excluding hydrogens is 264 g/mol. The molecule has 1 N–H and O–H groups in total. The molecule has 1 saturated heterocycles. The average molecular weight is 290 g/mol. The SMILES string of the molecule is Cc1ccccc1OCCCNC(=O)N1CCCC(C)C1. The lowest BCUT2D eigenvalue weighted by Gasteiger charge is -2.30. The Hall–Kier alpha value is -1.71. The minimum atomic E-state index is 0.0671.